The Bertz CT molecular complexity index is 2280. The Morgan fingerprint density at radius 1 is 0.250 bits per heavy atom. The van der Waals surface area contributed by atoms with E-state index >= 15 is 13.2 Å². The Balaban J connectivity index is 1.68. The number of fused-ring (bicyclic) bond motifs is 3. The van der Waals surface area contributed by atoms with Gasteiger partial charge in [0.05, 0.1) is 32.3 Å². The van der Waals surface area contributed by atoms with Gasteiger partial charge in [-0.25, -0.2) is 79.0 Å². The van der Waals surface area contributed by atoms with Crippen LogP contribution in [0.4, 0.5) is 79.0 Å². The molecule has 0 aliphatic heterocycles. The zero-order valence-electron chi connectivity index (χ0n) is 23.8. The molecule has 0 fully saturated rings. The fraction of sp³-hybridized carbons (Fsp3) is 0. The highest BCUT2D eigenvalue weighted by Crippen LogP contribution is 2.42. The molecule has 3 nitrogen and oxygen atoms in total. The van der Waals surface area contributed by atoms with Crippen LogP contribution in [0.5, 0.6) is 17.2 Å². The van der Waals surface area contributed by atoms with Gasteiger partial charge in [-0.15, -0.1) is 0 Å². The molecule has 0 radical (unpaired) electrons. The van der Waals surface area contributed by atoms with Crippen LogP contribution in [0, 0.1) is 105 Å². The first-order valence-corrected chi connectivity index (χ1v) is 13.2. The molecule has 0 aliphatic rings. The van der Waals surface area contributed by atoms with Crippen molar-refractivity contribution in [3.63, 3.8) is 0 Å². The molecular weight excluding hydrogens is 761 g/mol. The van der Waals surface area contributed by atoms with Crippen LogP contribution in [0.25, 0.3) is 32.3 Å². The lowest BCUT2D eigenvalue weighted by Crippen LogP contribution is -2.38. The number of hydrogen-bond donors (Lipinski definition) is 0. The summed E-state index contributed by atoms with van der Waals surface area (Å²) in [6, 6.07) is -1.30. The summed E-state index contributed by atoms with van der Waals surface area (Å²) >= 11 is 0. The quantitative estimate of drug-likeness (QED) is 0.0732. The van der Waals surface area contributed by atoms with Gasteiger partial charge in [-0.1, -0.05) is 0 Å². The Kier molecular flexibility index (Phi) is 8.69. The molecule has 270 valence electrons. The molecular formula is C30H3BF18O3. The van der Waals surface area contributed by atoms with Crippen molar-refractivity contribution >= 4 is 39.6 Å². The minimum absolute atomic E-state index is 0.434. The van der Waals surface area contributed by atoms with E-state index in [2.05, 4.69) is 0 Å². The fourth-order valence-electron chi connectivity index (χ4n) is 5.02. The zero-order valence-corrected chi connectivity index (χ0v) is 23.8. The van der Waals surface area contributed by atoms with E-state index in [0.717, 1.165) is 0 Å². The Labute approximate surface area is 273 Å². The van der Waals surface area contributed by atoms with E-state index in [0.29, 0.717) is 0 Å². The van der Waals surface area contributed by atoms with E-state index in [9.17, 15) is 65.9 Å². The topological polar surface area (TPSA) is 27.7 Å². The average molecular weight is 764 g/mol. The van der Waals surface area contributed by atoms with E-state index in [1.807, 2.05) is 0 Å². The summed E-state index contributed by atoms with van der Waals surface area (Å²) in [6.45, 7) is 0. The summed E-state index contributed by atoms with van der Waals surface area (Å²) in [7, 11) is -3.68. The van der Waals surface area contributed by atoms with Crippen molar-refractivity contribution in [3.05, 3.63) is 123 Å². The van der Waals surface area contributed by atoms with Gasteiger partial charge < -0.3 is 14.0 Å². The number of benzene rings is 6. The Hall–Kier alpha value is -5.70. The van der Waals surface area contributed by atoms with Gasteiger partial charge in [-0.2, -0.15) is 0 Å². The predicted octanol–water partition coefficient (Wildman–Crippen LogP) is 10.2. The zero-order chi connectivity index (χ0) is 38.4. The third kappa shape index (κ3) is 5.21. The second kappa shape index (κ2) is 12.5. The second-order valence-electron chi connectivity index (χ2n) is 10.2. The molecule has 0 unspecified atom stereocenters. The van der Waals surface area contributed by atoms with Crippen LogP contribution < -0.4 is 14.0 Å². The van der Waals surface area contributed by atoms with E-state index in [-0.39, 0.29) is 0 Å². The molecule has 6 rings (SSSR count). The number of halogens is 18. The van der Waals surface area contributed by atoms with E-state index in [1.165, 1.54) is 0 Å². The van der Waals surface area contributed by atoms with Crippen LogP contribution in [0.2, 0.25) is 0 Å². The highest BCUT2D eigenvalue weighted by Gasteiger charge is 2.41. The maximum absolute atomic E-state index is 15.1. The molecule has 0 aliphatic carbocycles. The van der Waals surface area contributed by atoms with Gasteiger partial charge in [0.15, 0.2) is 105 Å². The first-order chi connectivity index (χ1) is 24.3. The molecule has 6 aromatic carbocycles. The highest BCUT2D eigenvalue weighted by molar-refractivity contribution is 6.40. The van der Waals surface area contributed by atoms with Gasteiger partial charge in [-0.05, 0) is 0 Å². The molecule has 0 saturated carbocycles. The van der Waals surface area contributed by atoms with Gasteiger partial charge in [0.1, 0.15) is 17.5 Å². The lowest BCUT2D eigenvalue weighted by atomic mass is 10.0. The second-order valence-corrected chi connectivity index (χ2v) is 10.2. The lowest BCUT2D eigenvalue weighted by molar-refractivity contribution is 0.290. The molecule has 0 amide bonds. The molecule has 0 bridgehead atoms. The van der Waals surface area contributed by atoms with Gasteiger partial charge in [0, 0.05) is 18.2 Å². The lowest BCUT2D eigenvalue weighted by Gasteiger charge is -2.21. The molecule has 52 heavy (non-hydrogen) atoms. The standard InChI is InChI=1S/C30H3BF18O3/c32-4-1-7(35)28(13-10(4)16(38)22(44)25(47)19(13)41)50-31(51-29-8(36)2-5(33)11-14(29)20(42)26(48)23(45)17(11)39)52-30-9(37)3-6(34)12-15(30)21(43)27(49)24(46)18(12)40/h1-3H. The largest absolute Gasteiger partial charge is 0.864 e. The molecule has 6 aromatic rings. The first kappa shape index (κ1) is 36.1. The molecule has 0 saturated heterocycles. The minimum atomic E-state index is -3.68. The van der Waals surface area contributed by atoms with Crippen molar-refractivity contribution in [1.82, 2.24) is 0 Å². The Morgan fingerprint density at radius 2 is 0.442 bits per heavy atom. The first-order valence-electron chi connectivity index (χ1n) is 13.2. The van der Waals surface area contributed by atoms with Crippen molar-refractivity contribution in [2.24, 2.45) is 0 Å². The van der Waals surface area contributed by atoms with Crippen LogP contribution in [-0.2, 0) is 0 Å². The Morgan fingerprint density at radius 3 is 0.654 bits per heavy atom. The predicted molar refractivity (Wildman–Crippen MR) is 139 cm³/mol. The van der Waals surface area contributed by atoms with E-state index in [1.54, 1.807) is 0 Å². The SMILES string of the molecule is Fc1cc(F)c2c(F)c(F)c(F)c(F)c2c1OB(Oc1c(F)cc(F)c2c(F)c(F)c(F)c(F)c12)Oc1c(F)cc(F)c2c(F)c(F)c(F)c(F)c12. The third-order valence-electron chi connectivity index (χ3n) is 7.25. The summed E-state index contributed by atoms with van der Waals surface area (Å²) in [4.78, 5) is 0. The van der Waals surface area contributed by atoms with Crippen LogP contribution in [0.15, 0.2) is 18.2 Å². The smallest absolute Gasteiger partial charge is 0.486 e. The monoisotopic (exact) mass is 764 g/mol. The summed E-state index contributed by atoms with van der Waals surface area (Å²) < 4.78 is 276. The molecule has 0 aromatic heterocycles. The highest BCUT2D eigenvalue weighted by atomic mass is 19.2. The van der Waals surface area contributed by atoms with Crippen molar-refractivity contribution in [1.29, 1.82) is 0 Å². The van der Waals surface area contributed by atoms with Crippen LogP contribution in [-0.4, -0.2) is 7.32 Å². The molecule has 0 atom stereocenters. The summed E-state index contributed by atoms with van der Waals surface area (Å²) in [5.41, 5.74) is 0. The van der Waals surface area contributed by atoms with Crippen LogP contribution >= 0.6 is 0 Å². The van der Waals surface area contributed by atoms with Gasteiger partial charge in [0.25, 0.3) is 0 Å². The van der Waals surface area contributed by atoms with Crippen LogP contribution in [0.3, 0.4) is 0 Å². The van der Waals surface area contributed by atoms with Crippen molar-refractivity contribution in [2.45, 2.75) is 0 Å². The molecule has 0 heterocycles. The summed E-state index contributed by atoms with van der Waals surface area (Å²) in [6.07, 6.45) is 0. The van der Waals surface area contributed by atoms with E-state index in [4.69, 9.17) is 14.0 Å². The van der Waals surface area contributed by atoms with Crippen molar-refractivity contribution in [2.75, 3.05) is 0 Å². The third-order valence-corrected chi connectivity index (χ3v) is 7.25. The summed E-state index contributed by atoms with van der Waals surface area (Å²) in [5, 5.41) is -12.1. The maximum atomic E-state index is 15.1. The fourth-order valence-corrected chi connectivity index (χ4v) is 5.02. The summed E-state index contributed by atoms with van der Waals surface area (Å²) in [5.74, 6) is -52.2. The molecule has 22 heteroatoms. The normalized spacial score (nSPS) is 11.7. The van der Waals surface area contributed by atoms with E-state index < -0.39 is 180 Å². The maximum Gasteiger partial charge on any atom is 0.864 e. The molecule has 0 N–H and O–H groups in total. The minimum Gasteiger partial charge on any atom is -0.486 e. The molecule has 0 spiro atoms. The van der Waals surface area contributed by atoms with Gasteiger partial charge in [-0.3, -0.25) is 0 Å². The van der Waals surface area contributed by atoms with Gasteiger partial charge in [0.2, 0.25) is 0 Å². The van der Waals surface area contributed by atoms with Gasteiger partial charge >= 0.3 is 7.32 Å². The van der Waals surface area contributed by atoms with Crippen molar-refractivity contribution in [3.8, 4) is 17.2 Å². The number of rotatable bonds is 6. The van der Waals surface area contributed by atoms with Crippen molar-refractivity contribution < 1.29 is 93.0 Å². The number of hydrogen-bond acceptors (Lipinski definition) is 3. The average Bonchev–Trinajstić information content (AvgIpc) is 3.08. The van der Waals surface area contributed by atoms with Crippen LogP contribution in [0.1, 0.15) is 0 Å².